The molecule has 1 saturated carbocycles. The summed E-state index contributed by atoms with van der Waals surface area (Å²) in [6.45, 7) is 3.23. The summed E-state index contributed by atoms with van der Waals surface area (Å²) in [4.78, 5) is 14.7. The lowest BCUT2D eigenvalue weighted by molar-refractivity contribution is 0.0862. The zero-order valence-corrected chi connectivity index (χ0v) is 8.48. The van der Waals surface area contributed by atoms with E-state index in [9.17, 15) is 4.79 Å². The molecule has 0 bridgehead atoms. The predicted molar refractivity (Wildman–Crippen MR) is 53.4 cm³/mol. The molecule has 2 rings (SSSR count). The second-order valence-electron chi connectivity index (χ2n) is 4.24. The van der Waals surface area contributed by atoms with E-state index >= 15 is 0 Å². The van der Waals surface area contributed by atoms with E-state index in [0.717, 1.165) is 19.1 Å². The van der Waals surface area contributed by atoms with E-state index < -0.39 is 6.09 Å². The van der Waals surface area contributed by atoms with Gasteiger partial charge in [-0.2, -0.15) is 0 Å². The van der Waals surface area contributed by atoms with Gasteiger partial charge in [0, 0.05) is 32.2 Å². The Morgan fingerprint density at radius 1 is 1.07 bits per heavy atom. The minimum atomic E-state index is -0.768. The van der Waals surface area contributed by atoms with Gasteiger partial charge in [-0.25, -0.2) is 4.79 Å². The van der Waals surface area contributed by atoms with Gasteiger partial charge in [0.2, 0.25) is 0 Å². The maximum Gasteiger partial charge on any atom is 0.407 e. The zero-order chi connectivity index (χ0) is 9.97. The Kier molecular flexibility index (Phi) is 2.91. The zero-order valence-electron chi connectivity index (χ0n) is 8.48. The molecule has 1 aliphatic heterocycles. The number of hydrogen-bond donors (Lipinski definition) is 1. The van der Waals surface area contributed by atoms with Crippen LogP contribution in [0.1, 0.15) is 25.7 Å². The Bertz CT molecular complexity index is 206. The van der Waals surface area contributed by atoms with Crippen LogP contribution in [0.4, 0.5) is 4.79 Å². The summed E-state index contributed by atoms with van der Waals surface area (Å²) < 4.78 is 0. The van der Waals surface area contributed by atoms with Crippen LogP contribution >= 0.6 is 0 Å². The predicted octanol–water partition coefficient (Wildman–Crippen LogP) is 1.22. The van der Waals surface area contributed by atoms with E-state index in [1.165, 1.54) is 30.6 Å². The van der Waals surface area contributed by atoms with Gasteiger partial charge >= 0.3 is 6.09 Å². The second-order valence-corrected chi connectivity index (χ2v) is 4.24. The first kappa shape index (κ1) is 9.77. The monoisotopic (exact) mass is 198 g/mol. The number of carboxylic acid groups (broad SMARTS) is 1. The fourth-order valence-corrected chi connectivity index (χ4v) is 2.55. The Labute approximate surface area is 84.5 Å². The highest BCUT2D eigenvalue weighted by Crippen LogP contribution is 2.24. The summed E-state index contributed by atoms with van der Waals surface area (Å²) in [5.74, 6) is 0. The van der Waals surface area contributed by atoms with E-state index in [2.05, 4.69) is 4.90 Å². The highest BCUT2D eigenvalue weighted by atomic mass is 16.4. The average molecular weight is 198 g/mol. The van der Waals surface area contributed by atoms with Gasteiger partial charge in [-0.15, -0.1) is 0 Å². The molecule has 2 aliphatic rings. The Balaban J connectivity index is 1.80. The Morgan fingerprint density at radius 2 is 1.64 bits per heavy atom. The van der Waals surface area contributed by atoms with Crippen molar-refractivity contribution in [1.29, 1.82) is 0 Å². The maximum atomic E-state index is 10.7. The van der Waals surface area contributed by atoms with Gasteiger partial charge < -0.3 is 10.0 Å². The van der Waals surface area contributed by atoms with Crippen LogP contribution in [0.25, 0.3) is 0 Å². The van der Waals surface area contributed by atoms with Crippen molar-refractivity contribution < 1.29 is 9.90 Å². The first-order chi connectivity index (χ1) is 6.77. The van der Waals surface area contributed by atoms with Crippen molar-refractivity contribution in [3.63, 3.8) is 0 Å². The van der Waals surface area contributed by atoms with E-state index in [-0.39, 0.29) is 0 Å². The van der Waals surface area contributed by atoms with Crippen LogP contribution < -0.4 is 0 Å². The number of rotatable bonds is 1. The summed E-state index contributed by atoms with van der Waals surface area (Å²) in [6.07, 6.45) is 4.56. The maximum absolute atomic E-state index is 10.7. The molecule has 2 fully saturated rings. The van der Waals surface area contributed by atoms with Crippen molar-refractivity contribution >= 4 is 6.09 Å². The number of amides is 1. The summed E-state index contributed by atoms with van der Waals surface area (Å²) >= 11 is 0. The van der Waals surface area contributed by atoms with Gasteiger partial charge in [0.15, 0.2) is 0 Å². The number of nitrogens with zero attached hydrogens (tertiary/aromatic N) is 2. The molecule has 1 aliphatic carbocycles. The standard InChI is InChI=1S/C10H18N2O2/c13-10(14)12-7-5-11(6-8-12)9-3-1-2-4-9/h9H,1-8H2,(H,13,14). The molecule has 0 aromatic carbocycles. The van der Waals surface area contributed by atoms with E-state index in [1.807, 2.05) is 0 Å². The third-order valence-electron chi connectivity index (χ3n) is 3.43. The smallest absolute Gasteiger partial charge is 0.407 e. The van der Waals surface area contributed by atoms with Crippen molar-refractivity contribution in [2.24, 2.45) is 0 Å². The third kappa shape index (κ3) is 2.00. The van der Waals surface area contributed by atoms with Crippen molar-refractivity contribution in [3.05, 3.63) is 0 Å². The van der Waals surface area contributed by atoms with Crippen molar-refractivity contribution in [1.82, 2.24) is 9.80 Å². The molecular weight excluding hydrogens is 180 g/mol. The van der Waals surface area contributed by atoms with Gasteiger partial charge in [0.25, 0.3) is 0 Å². The van der Waals surface area contributed by atoms with Crippen molar-refractivity contribution in [2.45, 2.75) is 31.7 Å². The van der Waals surface area contributed by atoms with Crippen LogP contribution in [0, 0.1) is 0 Å². The average Bonchev–Trinajstić information content (AvgIpc) is 2.71. The minimum absolute atomic E-state index is 0.686. The summed E-state index contributed by atoms with van der Waals surface area (Å²) in [5.41, 5.74) is 0. The second kappa shape index (κ2) is 4.17. The molecule has 0 aromatic heterocycles. The minimum Gasteiger partial charge on any atom is -0.465 e. The molecule has 14 heavy (non-hydrogen) atoms. The highest BCUT2D eigenvalue weighted by molar-refractivity contribution is 5.65. The van der Waals surface area contributed by atoms with Crippen LogP contribution in [0.15, 0.2) is 0 Å². The topological polar surface area (TPSA) is 43.8 Å². The first-order valence-electron chi connectivity index (χ1n) is 5.49. The molecule has 0 radical (unpaired) electrons. The van der Waals surface area contributed by atoms with Crippen LogP contribution in [-0.2, 0) is 0 Å². The molecule has 80 valence electrons. The van der Waals surface area contributed by atoms with Gasteiger partial charge in [0.1, 0.15) is 0 Å². The SMILES string of the molecule is O=C(O)N1CCN(C2CCCC2)CC1. The molecule has 1 N–H and O–H groups in total. The van der Waals surface area contributed by atoms with E-state index in [1.54, 1.807) is 0 Å². The quantitative estimate of drug-likeness (QED) is 0.689. The van der Waals surface area contributed by atoms with E-state index in [4.69, 9.17) is 5.11 Å². The van der Waals surface area contributed by atoms with Crippen molar-refractivity contribution in [2.75, 3.05) is 26.2 Å². The van der Waals surface area contributed by atoms with Gasteiger partial charge in [-0.1, -0.05) is 12.8 Å². The molecule has 4 nitrogen and oxygen atoms in total. The highest BCUT2D eigenvalue weighted by Gasteiger charge is 2.27. The molecule has 1 heterocycles. The summed E-state index contributed by atoms with van der Waals surface area (Å²) in [5, 5.41) is 8.80. The van der Waals surface area contributed by atoms with Gasteiger partial charge in [-0.3, -0.25) is 4.90 Å². The molecular formula is C10H18N2O2. The lowest BCUT2D eigenvalue weighted by atomic mass is 10.2. The van der Waals surface area contributed by atoms with Gasteiger partial charge in [-0.05, 0) is 12.8 Å². The normalized spacial score (nSPS) is 25.6. The van der Waals surface area contributed by atoms with Crippen LogP contribution in [0.5, 0.6) is 0 Å². The third-order valence-corrected chi connectivity index (χ3v) is 3.43. The van der Waals surface area contributed by atoms with Crippen LogP contribution in [0.2, 0.25) is 0 Å². The van der Waals surface area contributed by atoms with Gasteiger partial charge in [0.05, 0.1) is 0 Å². The number of hydrogen-bond acceptors (Lipinski definition) is 2. The molecule has 0 aromatic rings. The molecule has 1 saturated heterocycles. The molecule has 1 amide bonds. The fraction of sp³-hybridized carbons (Fsp3) is 0.900. The van der Waals surface area contributed by atoms with Crippen LogP contribution in [-0.4, -0.2) is 53.2 Å². The number of piperazine rings is 1. The lowest BCUT2D eigenvalue weighted by Gasteiger charge is -2.36. The largest absolute Gasteiger partial charge is 0.465 e. The summed E-state index contributed by atoms with van der Waals surface area (Å²) in [6, 6.07) is 0.742. The first-order valence-corrected chi connectivity index (χ1v) is 5.49. The molecule has 4 heteroatoms. The number of carbonyl (C=O) groups is 1. The van der Waals surface area contributed by atoms with E-state index in [0.29, 0.717) is 13.1 Å². The van der Waals surface area contributed by atoms with Crippen molar-refractivity contribution in [3.8, 4) is 0 Å². The fourth-order valence-electron chi connectivity index (χ4n) is 2.55. The summed E-state index contributed by atoms with van der Waals surface area (Å²) in [7, 11) is 0. The Hall–Kier alpha value is -0.770. The van der Waals surface area contributed by atoms with Crippen LogP contribution in [0.3, 0.4) is 0 Å². The molecule has 0 spiro atoms. The lowest BCUT2D eigenvalue weighted by Crippen LogP contribution is -2.51. The Morgan fingerprint density at radius 3 is 2.14 bits per heavy atom. The molecule has 0 unspecified atom stereocenters. The molecule has 0 atom stereocenters.